The fourth-order valence-corrected chi connectivity index (χ4v) is 6.57. The number of anilines is 1. The predicted molar refractivity (Wildman–Crippen MR) is 138 cm³/mol. The molecule has 3 aliphatic carbocycles. The first-order chi connectivity index (χ1) is 18.2. The molecule has 0 saturated carbocycles. The number of aromatic hydroxyl groups is 1. The second-order valence-electron chi connectivity index (χ2n) is 10.4. The Hall–Kier alpha value is -4.39. The van der Waals surface area contributed by atoms with E-state index in [1.54, 1.807) is 49.4 Å². The molecule has 6 rings (SSSR count). The first-order valence-electron chi connectivity index (χ1n) is 12.7. The number of hydrogen-bond acceptors (Lipinski definition) is 6. The number of allylic oxidation sites excluding steroid dienone is 6. The Morgan fingerprint density at radius 3 is 2.39 bits per heavy atom. The minimum atomic E-state index is -0.682. The van der Waals surface area contributed by atoms with Crippen molar-refractivity contribution in [3.8, 4) is 5.75 Å². The third kappa shape index (κ3) is 3.45. The van der Waals surface area contributed by atoms with Gasteiger partial charge in [0.1, 0.15) is 5.75 Å². The Morgan fingerprint density at radius 2 is 1.71 bits per heavy atom. The molecule has 4 atom stereocenters. The normalized spacial score (nSPS) is 26.5. The summed E-state index contributed by atoms with van der Waals surface area (Å²) in [5, 5.41) is 10.2. The Labute approximate surface area is 219 Å². The third-order valence-corrected chi connectivity index (χ3v) is 8.30. The van der Waals surface area contributed by atoms with Gasteiger partial charge in [0.05, 0.1) is 17.5 Å². The van der Waals surface area contributed by atoms with Crippen LogP contribution in [-0.2, 0) is 19.2 Å². The first kappa shape index (κ1) is 24.0. The van der Waals surface area contributed by atoms with Gasteiger partial charge in [-0.05, 0) is 80.6 Å². The van der Waals surface area contributed by atoms with Crippen LogP contribution in [0.15, 0.2) is 83.0 Å². The molecule has 1 heterocycles. The molecule has 1 saturated heterocycles. The largest absolute Gasteiger partial charge is 0.508 e. The number of carbonyl (C=O) groups excluding carboxylic acids is 5. The van der Waals surface area contributed by atoms with E-state index in [1.165, 1.54) is 24.0 Å². The highest BCUT2D eigenvalue weighted by Gasteiger charge is 2.56. The van der Waals surface area contributed by atoms with Gasteiger partial charge in [0.15, 0.2) is 17.3 Å². The number of phenols is 1. The van der Waals surface area contributed by atoms with Crippen LogP contribution in [0.2, 0.25) is 0 Å². The Bertz CT molecular complexity index is 1560. The topological polar surface area (TPSA) is 109 Å². The van der Waals surface area contributed by atoms with Crippen LogP contribution >= 0.6 is 0 Å². The van der Waals surface area contributed by atoms with Gasteiger partial charge >= 0.3 is 0 Å². The summed E-state index contributed by atoms with van der Waals surface area (Å²) in [6, 6.07) is 13.0. The SMILES string of the molecule is CC(=O)c1ccc(N2C(=O)C3CC=C4C(c5cccc(O)c5)C5=C(CC4C3C2=O)C(=O)C(C)=CC5=O)cc1. The molecular weight excluding hydrogens is 482 g/mol. The van der Waals surface area contributed by atoms with Crippen LogP contribution in [-0.4, -0.2) is 34.3 Å². The average Bonchev–Trinajstić information content (AvgIpc) is 3.15. The van der Waals surface area contributed by atoms with E-state index in [0.717, 1.165) is 5.57 Å². The number of Topliss-reactive ketones (excluding diaryl/α,β-unsaturated/α-hetero) is 2. The minimum absolute atomic E-state index is 0.0367. The molecule has 190 valence electrons. The van der Waals surface area contributed by atoms with Crippen LogP contribution in [0.3, 0.4) is 0 Å². The van der Waals surface area contributed by atoms with Crippen LogP contribution in [0, 0.1) is 17.8 Å². The molecule has 7 heteroatoms. The van der Waals surface area contributed by atoms with Crippen LogP contribution in [0.4, 0.5) is 5.69 Å². The van der Waals surface area contributed by atoms with E-state index in [2.05, 4.69) is 0 Å². The molecule has 38 heavy (non-hydrogen) atoms. The maximum atomic E-state index is 13.9. The quantitative estimate of drug-likeness (QED) is 0.288. The molecule has 4 aliphatic rings. The second-order valence-corrected chi connectivity index (χ2v) is 10.4. The maximum absolute atomic E-state index is 13.9. The fraction of sp³-hybridized carbons (Fsp3) is 0.258. The number of fused-ring (bicyclic) bond motifs is 3. The molecular formula is C31H25NO6. The van der Waals surface area contributed by atoms with Crippen LogP contribution < -0.4 is 4.90 Å². The number of hydrogen-bond donors (Lipinski definition) is 1. The first-order valence-corrected chi connectivity index (χ1v) is 12.7. The van der Waals surface area contributed by atoms with Crippen molar-refractivity contribution < 1.29 is 29.1 Å². The van der Waals surface area contributed by atoms with E-state index >= 15 is 0 Å². The van der Waals surface area contributed by atoms with E-state index < -0.39 is 23.7 Å². The van der Waals surface area contributed by atoms with Gasteiger partial charge in [-0.2, -0.15) is 0 Å². The van der Waals surface area contributed by atoms with Gasteiger partial charge in [-0.3, -0.25) is 28.9 Å². The lowest BCUT2D eigenvalue weighted by Gasteiger charge is -2.42. The summed E-state index contributed by atoms with van der Waals surface area (Å²) >= 11 is 0. The summed E-state index contributed by atoms with van der Waals surface area (Å²) < 4.78 is 0. The molecule has 1 fully saturated rings. The Morgan fingerprint density at radius 1 is 0.974 bits per heavy atom. The number of carbonyl (C=O) groups is 5. The summed E-state index contributed by atoms with van der Waals surface area (Å²) in [4.78, 5) is 66.9. The number of nitrogens with zero attached hydrogens (tertiary/aromatic N) is 1. The van der Waals surface area contributed by atoms with Gasteiger partial charge in [-0.1, -0.05) is 23.8 Å². The molecule has 1 N–H and O–H groups in total. The van der Waals surface area contributed by atoms with Gasteiger partial charge in [0.25, 0.3) is 0 Å². The maximum Gasteiger partial charge on any atom is 0.238 e. The monoisotopic (exact) mass is 507 g/mol. The average molecular weight is 508 g/mol. The molecule has 1 aliphatic heterocycles. The number of amides is 2. The Balaban J connectivity index is 1.45. The lowest BCUT2D eigenvalue weighted by molar-refractivity contribution is -0.123. The van der Waals surface area contributed by atoms with Gasteiger partial charge in [0, 0.05) is 28.2 Å². The highest BCUT2D eigenvalue weighted by Crippen LogP contribution is 2.55. The van der Waals surface area contributed by atoms with Crippen LogP contribution in [0.1, 0.15) is 48.5 Å². The van der Waals surface area contributed by atoms with Gasteiger partial charge in [0.2, 0.25) is 11.8 Å². The summed E-state index contributed by atoms with van der Waals surface area (Å²) in [5.41, 5.74) is 3.51. The minimum Gasteiger partial charge on any atom is -0.508 e. The number of rotatable bonds is 3. The summed E-state index contributed by atoms with van der Waals surface area (Å²) in [6.45, 7) is 3.06. The van der Waals surface area contributed by atoms with Crippen molar-refractivity contribution in [3.05, 3.63) is 94.1 Å². The highest BCUT2D eigenvalue weighted by molar-refractivity contribution is 6.25. The zero-order valence-electron chi connectivity index (χ0n) is 20.9. The van der Waals surface area contributed by atoms with E-state index in [0.29, 0.717) is 40.0 Å². The number of ketones is 3. The number of benzene rings is 2. The number of imide groups is 1. The van der Waals surface area contributed by atoms with Crippen molar-refractivity contribution in [2.45, 2.75) is 32.6 Å². The zero-order chi connectivity index (χ0) is 26.9. The summed E-state index contributed by atoms with van der Waals surface area (Å²) in [7, 11) is 0. The van der Waals surface area contributed by atoms with Crippen molar-refractivity contribution in [3.63, 3.8) is 0 Å². The molecule has 0 radical (unpaired) electrons. The van der Waals surface area contributed by atoms with Gasteiger partial charge in [-0.25, -0.2) is 0 Å². The Kier molecular flexibility index (Phi) is 5.42. The summed E-state index contributed by atoms with van der Waals surface area (Å²) in [5.74, 6) is -3.49. The molecule has 2 aromatic carbocycles. The van der Waals surface area contributed by atoms with Crippen molar-refractivity contribution in [1.82, 2.24) is 0 Å². The van der Waals surface area contributed by atoms with E-state index in [4.69, 9.17) is 0 Å². The molecule has 4 unspecified atom stereocenters. The van der Waals surface area contributed by atoms with Gasteiger partial charge < -0.3 is 5.11 Å². The standard InChI is InChI=1S/C31H25NO6/c1-15-12-25(35)28-24(29(15)36)14-23-21(26(28)18-4-3-5-20(34)13-18)10-11-22-27(23)31(38)32(30(22)37)19-8-6-17(7-9-19)16(2)33/h3-10,12-13,22-23,26-27,34H,11,14H2,1-2H3. The molecule has 2 aromatic rings. The third-order valence-electron chi connectivity index (χ3n) is 8.30. The highest BCUT2D eigenvalue weighted by atomic mass is 16.3. The number of phenolic OH excluding ortho intramolecular Hbond substituents is 1. The van der Waals surface area contributed by atoms with Crippen LogP contribution in [0.5, 0.6) is 5.75 Å². The van der Waals surface area contributed by atoms with Crippen molar-refractivity contribution >= 4 is 34.9 Å². The van der Waals surface area contributed by atoms with E-state index in [1.807, 2.05) is 6.08 Å². The lowest BCUT2D eigenvalue weighted by Crippen LogP contribution is -2.39. The predicted octanol–water partition coefficient (Wildman–Crippen LogP) is 4.23. The molecule has 0 aromatic heterocycles. The molecule has 0 bridgehead atoms. The smallest absolute Gasteiger partial charge is 0.238 e. The second kappa shape index (κ2) is 8.58. The van der Waals surface area contributed by atoms with Gasteiger partial charge in [-0.15, -0.1) is 0 Å². The van der Waals surface area contributed by atoms with Crippen molar-refractivity contribution in [2.24, 2.45) is 17.8 Å². The van der Waals surface area contributed by atoms with Crippen LogP contribution in [0.25, 0.3) is 0 Å². The zero-order valence-corrected chi connectivity index (χ0v) is 20.9. The summed E-state index contributed by atoms with van der Waals surface area (Å²) in [6.07, 6.45) is 3.84. The fourth-order valence-electron chi connectivity index (χ4n) is 6.57. The van der Waals surface area contributed by atoms with Crippen molar-refractivity contribution in [1.29, 1.82) is 0 Å². The van der Waals surface area contributed by atoms with Crippen molar-refractivity contribution in [2.75, 3.05) is 4.90 Å². The lowest BCUT2D eigenvalue weighted by atomic mass is 9.59. The van der Waals surface area contributed by atoms with E-state index in [9.17, 15) is 29.1 Å². The molecule has 2 amide bonds. The van der Waals surface area contributed by atoms with E-state index in [-0.39, 0.29) is 41.3 Å². The molecule has 0 spiro atoms. The molecule has 7 nitrogen and oxygen atoms in total.